The first kappa shape index (κ1) is 10.8. The minimum atomic E-state index is -1.34. The monoisotopic (exact) mass is 191 g/mol. The minimum absolute atomic E-state index is 0. The van der Waals surface area contributed by atoms with Gasteiger partial charge in [0.2, 0.25) is 0 Å². The summed E-state index contributed by atoms with van der Waals surface area (Å²) in [5.74, 6) is -2.11. The molecule has 1 N–H and O–H groups in total. The number of pyridine rings is 1. The second-order valence-electron chi connectivity index (χ2n) is 2.10. The van der Waals surface area contributed by atoms with Crippen LogP contribution in [0.2, 0.25) is 0 Å². The number of carbonyl (C=O) groups is 1. The van der Waals surface area contributed by atoms with Gasteiger partial charge in [0.05, 0.1) is 0 Å². The van der Waals surface area contributed by atoms with Crippen LogP contribution in [0.25, 0.3) is 0 Å². The molecule has 1 aromatic heterocycles. The molecule has 0 radical (unpaired) electrons. The molecule has 5 heteroatoms. The maximum absolute atomic E-state index is 12.8. The summed E-state index contributed by atoms with van der Waals surface area (Å²) in [5.41, 5.74) is -0.234. The Kier molecular flexibility index (Phi) is 3.63. The molecule has 0 saturated heterocycles. The third-order valence-electron chi connectivity index (χ3n) is 1.28. The quantitative estimate of drug-likeness (QED) is 0.734. The summed E-state index contributed by atoms with van der Waals surface area (Å²) in [6, 6.07) is 1.42. The van der Waals surface area contributed by atoms with E-state index < -0.39 is 17.5 Å². The summed E-state index contributed by atoms with van der Waals surface area (Å²) in [6.45, 7) is 1.49. The van der Waals surface area contributed by atoms with Gasteiger partial charge in [-0.25, -0.2) is 14.2 Å². The highest BCUT2D eigenvalue weighted by Gasteiger charge is 2.12. The van der Waals surface area contributed by atoms with Gasteiger partial charge in [-0.2, -0.15) is 0 Å². The molecule has 0 bridgehead atoms. The van der Waals surface area contributed by atoms with Gasteiger partial charge in [0.15, 0.2) is 11.5 Å². The third-order valence-corrected chi connectivity index (χ3v) is 1.28. The Hall–Kier alpha value is -1.16. The fourth-order valence-corrected chi connectivity index (χ4v) is 0.689. The van der Waals surface area contributed by atoms with Crippen LogP contribution in [0.3, 0.4) is 0 Å². The van der Waals surface area contributed by atoms with Gasteiger partial charge in [0.25, 0.3) is 0 Å². The Bertz CT molecular complexity index is 303. The fraction of sp³-hybridized carbons (Fsp3) is 0.143. The van der Waals surface area contributed by atoms with Crippen LogP contribution in [0.15, 0.2) is 12.3 Å². The maximum Gasteiger partial charge on any atom is 0.357 e. The van der Waals surface area contributed by atoms with E-state index >= 15 is 0 Å². The standard InChI is InChI=1S/C7H6FNO2.ClH/c1-4-2-3-9-6(5(4)8)7(10)11;/h2-3H,1H3,(H,10,11);1H. The number of carboxylic acids is 1. The van der Waals surface area contributed by atoms with E-state index in [1.165, 1.54) is 19.2 Å². The van der Waals surface area contributed by atoms with Crippen molar-refractivity contribution in [3.05, 3.63) is 29.3 Å². The van der Waals surface area contributed by atoms with Gasteiger partial charge in [-0.05, 0) is 18.6 Å². The highest BCUT2D eigenvalue weighted by atomic mass is 35.5. The van der Waals surface area contributed by atoms with Gasteiger partial charge in [0.1, 0.15) is 0 Å². The molecule has 1 aromatic rings. The van der Waals surface area contributed by atoms with E-state index in [-0.39, 0.29) is 18.0 Å². The summed E-state index contributed by atoms with van der Waals surface area (Å²) in [7, 11) is 0. The van der Waals surface area contributed by atoms with Crippen LogP contribution in [-0.4, -0.2) is 16.1 Å². The average Bonchev–Trinajstić information content (AvgIpc) is 1.94. The first-order chi connectivity index (χ1) is 5.13. The number of hydrogen-bond donors (Lipinski definition) is 1. The predicted octanol–water partition coefficient (Wildman–Crippen LogP) is 1.65. The molecule has 1 rings (SSSR count). The molecule has 0 atom stereocenters. The smallest absolute Gasteiger partial charge is 0.357 e. The third kappa shape index (κ3) is 1.92. The van der Waals surface area contributed by atoms with E-state index in [4.69, 9.17) is 5.11 Å². The van der Waals surface area contributed by atoms with Crippen molar-refractivity contribution in [2.75, 3.05) is 0 Å². The van der Waals surface area contributed by atoms with Crippen LogP contribution < -0.4 is 0 Å². The largest absolute Gasteiger partial charge is 0.476 e. The lowest BCUT2D eigenvalue weighted by Crippen LogP contribution is -2.04. The summed E-state index contributed by atoms with van der Waals surface area (Å²) in [4.78, 5) is 13.6. The zero-order valence-electron chi connectivity index (χ0n) is 6.24. The number of carboxylic acid groups (broad SMARTS) is 1. The van der Waals surface area contributed by atoms with Crippen molar-refractivity contribution in [1.82, 2.24) is 4.98 Å². The molecule has 0 saturated carbocycles. The Morgan fingerprint density at radius 1 is 1.67 bits per heavy atom. The number of rotatable bonds is 1. The highest BCUT2D eigenvalue weighted by molar-refractivity contribution is 5.85. The Balaban J connectivity index is 0.00000121. The summed E-state index contributed by atoms with van der Waals surface area (Å²) in [5, 5.41) is 8.39. The van der Waals surface area contributed by atoms with E-state index in [1.54, 1.807) is 0 Å². The summed E-state index contributed by atoms with van der Waals surface area (Å²) in [6.07, 6.45) is 1.27. The van der Waals surface area contributed by atoms with Gasteiger partial charge in [-0.1, -0.05) is 0 Å². The fourth-order valence-electron chi connectivity index (χ4n) is 0.689. The van der Waals surface area contributed by atoms with Crippen LogP contribution in [-0.2, 0) is 0 Å². The Morgan fingerprint density at radius 2 is 2.25 bits per heavy atom. The van der Waals surface area contributed by atoms with Gasteiger partial charge < -0.3 is 5.11 Å². The lowest BCUT2D eigenvalue weighted by molar-refractivity contribution is 0.0684. The van der Waals surface area contributed by atoms with Crippen molar-refractivity contribution in [3.63, 3.8) is 0 Å². The maximum atomic E-state index is 12.8. The molecule has 0 aromatic carbocycles. The number of halogens is 2. The van der Waals surface area contributed by atoms with Gasteiger partial charge in [-0.15, -0.1) is 12.4 Å². The van der Waals surface area contributed by atoms with Crippen molar-refractivity contribution < 1.29 is 14.3 Å². The summed E-state index contributed by atoms with van der Waals surface area (Å²) >= 11 is 0. The van der Waals surface area contributed by atoms with E-state index in [0.29, 0.717) is 0 Å². The van der Waals surface area contributed by atoms with Crippen molar-refractivity contribution in [1.29, 1.82) is 0 Å². The van der Waals surface area contributed by atoms with Crippen molar-refractivity contribution in [3.8, 4) is 0 Å². The van der Waals surface area contributed by atoms with E-state index in [1.807, 2.05) is 0 Å². The van der Waals surface area contributed by atoms with Crippen LogP contribution >= 0.6 is 12.4 Å². The molecule has 1 heterocycles. The Morgan fingerprint density at radius 3 is 2.67 bits per heavy atom. The zero-order chi connectivity index (χ0) is 8.43. The number of aromatic nitrogens is 1. The molecule has 0 spiro atoms. The van der Waals surface area contributed by atoms with E-state index in [0.717, 1.165) is 0 Å². The first-order valence-corrected chi connectivity index (χ1v) is 2.97. The van der Waals surface area contributed by atoms with Gasteiger partial charge in [-0.3, -0.25) is 0 Å². The molecule has 0 aliphatic rings. The average molecular weight is 192 g/mol. The molecular formula is C7H7ClFNO2. The lowest BCUT2D eigenvalue weighted by Gasteiger charge is -1.97. The van der Waals surface area contributed by atoms with E-state index in [2.05, 4.69) is 4.98 Å². The van der Waals surface area contributed by atoms with Gasteiger partial charge in [0, 0.05) is 6.20 Å². The van der Waals surface area contributed by atoms with Crippen molar-refractivity contribution >= 4 is 18.4 Å². The topological polar surface area (TPSA) is 50.2 Å². The zero-order valence-corrected chi connectivity index (χ0v) is 7.06. The number of aromatic carboxylic acids is 1. The SMILES string of the molecule is Cc1ccnc(C(=O)O)c1F.Cl. The normalized spacial score (nSPS) is 8.83. The van der Waals surface area contributed by atoms with Crippen LogP contribution in [0.1, 0.15) is 16.1 Å². The number of aryl methyl sites for hydroxylation is 1. The number of hydrogen-bond acceptors (Lipinski definition) is 2. The van der Waals surface area contributed by atoms with Crippen LogP contribution in [0, 0.1) is 12.7 Å². The molecule has 66 valence electrons. The minimum Gasteiger partial charge on any atom is -0.476 e. The van der Waals surface area contributed by atoms with Crippen LogP contribution in [0.4, 0.5) is 4.39 Å². The summed E-state index contributed by atoms with van der Waals surface area (Å²) < 4.78 is 12.8. The predicted molar refractivity (Wildman–Crippen MR) is 43.1 cm³/mol. The molecule has 0 unspecified atom stereocenters. The molecule has 0 fully saturated rings. The molecule has 0 amide bonds. The molecule has 12 heavy (non-hydrogen) atoms. The Labute approximate surface area is 74.7 Å². The molecule has 0 aliphatic carbocycles. The number of nitrogens with zero attached hydrogens (tertiary/aromatic N) is 1. The second-order valence-corrected chi connectivity index (χ2v) is 2.10. The van der Waals surface area contributed by atoms with Crippen LogP contribution in [0.5, 0.6) is 0 Å². The molecule has 0 aliphatic heterocycles. The lowest BCUT2D eigenvalue weighted by atomic mass is 10.2. The van der Waals surface area contributed by atoms with Gasteiger partial charge >= 0.3 is 5.97 Å². The molecular weight excluding hydrogens is 185 g/mol. The second kappa shape index (κ2) is 4.01. The van der Waals surface area contributed by atoms with Crippen molar-refractivity contribution in [2.24, 2.45) is 0 Å². The molecule has 3 nitrogen and oxygen atoms in total. The van der Waals surface area contributed by atoms with E-state index in [9.17, 15) is 9.18 Å². The van der Waals surface area contributed by atoms with Crippen molar-refractivity contribution in [2.45, 2.75) is 6.92 Å². The highest BCUT2D eigenvalue weighted by Crippen LogP contribution is 2.07. The first-order valence-electron chi connectivity index (χ1n) is 2.97.